The lowest BCUT2D eigenvalue weighted by Gasteiger charge is -2.08. The van der Waals surface area contributed by atoms with Crippen molar-refractivity contribution in [3.63, 3.8) is 0 Å². The van der Waals surface area contributed by atoms with Crippen LogP contribution in [0.1, 0.15) is 11.3 Å². The molecule has 3 rings (SSSR count). The van der Waals surface area contributed by atoms with Crippen LogP contribution in [0, 0.1) is 18.6 Å². The molecule has 1 aromatic heterocycles. The number of aryl methyl sites for hydroxylation is 1. The Morgan fingerprint density at radius 2 is 1.65 bits per heavy atom. The summed E-state index contributed by atoms with van der Waals surface area (Å²) in [6.45, 7) is 1.37. The number of hydrogen-bond donors (Lipinski definition) is 1. The summed E-state index contributed by atoms with van der Waals surface area (Å²) in [4.78, 5) is -1.000. The number of aliphatic hydroxyl groups excluding tert-OH is 1. The zero-order valence-electron chi connectivity index (χ0n) is 14.0. The Labute approximate surface area is 148 Å². The molecule has 3 aromatic rings. The second kappa shape index (κ2) is 6.62. The van der Waals surface area contributed by atoms with Crippen LogP contribution in [0.5, 0.6) is 0 Å². The van der Waals surface area contributed by atoms with Gasteiger partial charge in [-0.1, -0.05) is 35.0 Å². The van der Waals surface area contributed by atoms with Gasteiger partial charge in [-0.3, -0.25) is 0 Å². The number of benzene rings is 2. The molecule has 0 aliphatic rings. The van der Waals surface area contributed by atoms with Gasteiger partial charge in [0.05, 0.1) is 5.56 Å². The highest BCUT2D eigenvalue weighted by molar-refractivity contribution is 7.90. The Bertz CT molecular complexity index is 1050. The standard InChI is InChI=1S/C18H15F2NO4S/c1-10-3-5-11(6-4-10)17-16(15(9-22)25-21-17)12-7-13(19)18(14(20)8-12)26(2,23)24/h3-8,22H,9H2,1-2H3. The predicted molar refractivity (Wildman–Crippen MR) is 91.1 cm³/mol. The van der Waals surface area contributed by atoms with Crippen molar-refractivity contribution >= 4 is 9.84 Å². The summed E-state index contributed by atoms with van der Waals surface area (Å²) in [5.74, 6) is -2.42. The monoisotopic (exact) mass is 379 g/mol. The van der Waals surface area contributed by atoms with Crippen LogP contribution >= 0.6 is 0 Å². The molecule has 0 amide bonds. The quantitative estimate of drug-likeness (QED) is 0.751. The molecule has 8 heteroatoms. The summed E-state index contributed by atoms with van der Waals surface area (Å²) in [6.07, 6.45) is 0.727. The molecule has 0 unspecified atom stereocenters. The van der Waals surface area contributed by atoms with Crippen LogP contribution in [0.4, 0.5) is 8.78 Å². The van der Waals surface area contributed by atoms with Crippen LogP contribution in [0.2, 0.25) is 0 Å². The molecule has 0 aliphatic carbocycles. The van der Waals surface area contributed by atoms with Gasteiger partial charge in [0.1, 0.15) is 28.8 Å². The first-order valence-electron chi connectivity index (χ1n) is 7.58. The molecule has 5 nitrogen and oxygen atoms in total. The van der Waals surface area contributed by atoms with Crippen molar-refractivity contribution in [3.05, 3.63) is 59.4 Å². The van der Waals surface area contributed by atoms with Crippen LogP contribution in [0.3, 0.4) is 0 Å². The third kappa shape index (κ3) is 3.25. The van der Waals surface area contributed by atoms with Crippen molar-refractivity contribution < 1.29 is 26.8 Å². The SMILES string of the molecule is Cc1ccc(-c2noc(CO)c2-c2cc(F)c(S(C)(=O)=O)c(F)c2)cc1. The van der Waals surface area contributed by atoms with Crippen LogP contribution in [-0.4, -0.2) is 24.9 Å². The summed E-state index contributed by atoms with van der Waals surface area (Å²) in [6, 6.07) is 8.97. The molecule has 0 atom stereocenters. The highest BCUT2D eigenvalue weighted by Crippen LogP contribution is 2.36. The molecule has 136 valence electrons. The largest absolute Gasteiger partial charge is 0.388 e. The molecule has 0 saturated heterocycles. The third-order valence-electron chi connectivity index (χ3n) is 3.89. The molecule has 2 aromatic carbocycles. The summed E-state index contributed by atoms with van der Waals surface area (Å²) >= 11 is 0. The lowest BCUT2D eigenvalue weighted by Crippen LogP contribution is -2.05. The minimum atomic E-state index is -4.07. The first kappa shape index (κ1) is 18.2. The number of halogens is 2. The number of nitrogens with zero attached hydrogens (tertiary/aromatic N) is 1. The minimum absolute atomic E-state index is 0.0199. The van der Waals surface area contributed by atoms with Crippen molar-refractivity contribution in [2.24, 2.45) is 0 Å². The number of aliphatic hydroxyl groups is 1. The average Bonchev–Trinajstić information content (AvgIpc) is 2.97. The highest BCUT2D eigenvalue weighted by atomic mass is 32.2. The maximum absolute atomic E-state index is 14.3. The Balaban J connectivity index is 2.24. The molecular formula is C18H15F2NO4S. The van der Waals surface area contributed by atoms with E-state index in [4.69, 9.17) is 4.52 Å². The zero-order chi connectivity index (χ0) is 19.1. The Morgan fingerprint density at radius 1 is 1.08 bits per heavy atom. The van der Waals surface area contributed by atoms with E-state index in [2.05, 4.69) is 5.16 Å². The molecule has 0 fully saturated rings. The summed E-state index contributed by atoms with van der Waals surface area (Å²) in [5.41, 5.74) is 2.15. The smallest absolute Gasteiger partial charge is 0.181 e. The molecule has 0 saturated carbocycles. The third-order valence-corrected chi connectivity index (χ3v) is 5.02. The van der Waals surface area contributed by atoms with Crippen molar-refractivity contribution in [2.75, 3.05) is 6.26 Å². The normalized spacial score (nSPS) is 11.7. The minimum Gasteiger partial charge on any atom is -0.388 e. The molecule has 0 spiro atoms. The van der Waals surface area contributed by atoms with Gasteiger partial charge >= 0.3 is 0 Å². The van der Waals surface area contributed by atoms with Crippen molar-refractivity contribution in [2.45, 2.75) is 18.4 Å². The Morgan fingerprint density at radius 3 is 2.15 bits per heavy atom. The van der Waals surface area contributed by atoms with Crippen LogP contribution < -0.4 is 0 Å². The van der Waals surface area contributed by atoms with Crippen molar-refractivity contribution in [1.82, 2.24) is 5.16 Å². The van der Waals surface area contributed by atoms with Gasteiger partial charge in [0.25, 0.3) is 0 Å². The van der Waals surface area contributed by atoms with Gasteiger partial charge in [-0.2, -0.15) is 0 Å². The van der Waals surface area contributed by atoms with E-state index < -0.39 is 33.0 Å². The molecular weight excluding hydrogens is 364 g/mol. The van der Waals surface area contributed by atoms with E-state index in [0.717, 1.165) is 24.0 Å². The van der Waals surface area contributed by atoms with E-state index >= 15 is 0 Å². The molecule has 0 bridgehead atoms. The highest BCUT2D eigenvalue weighted by Gasteiger charge is 2.25. The maximum Gasteiger partial charge on any atom is 0.181 e. The van der Waals surface area contributed by atoms with E-state index in [-0.39, 0.29) is 16.9 Å². The van der Waals surface area contributed by atoms with E-state index in [1.807, 2.05) is 19.1 Å². The fourth-order valence-corrected chi connectivity index (χ4v) is 3.52. The fraction of sp³-hybridized carbons (Fsp3) is 0.167. The van der Waals surface area contributed by atoms with Crippen LogP contribution in [-0.2, 0) is 16.4 Å². The van der Waals surface area contributed by atoms with Gasteiger partial charge in [-0.25, -0.2) is 17.2 Å². The van der Waals surface area contributed by atoms with E-state index in [1.54, 1.807) is 12.1 Å². The molecule has 1 N–H and O–H groups in total. The fourth-order valence-electron chi connectivity index (χ4n) is 2.70. The first-order valence-corrected chi connectivity index (χ1v) is 9.47. The molecule has 0 aliphatic heterocycles. The van der Waals surface area contributed by atoms with Gasteiger partial charge in [-0.15, -0.1) is 0 Å². The van der Waals surface area contributed by atoms with Crippen LogP contribution in [0.25, 0.3) is 22.4 Å². The lowest BCUT2D eigenvalue weighted by molar-refractivity contribution is 0.230. The number of rotatable bonds is 4. The van der Waals surface area contributed by atoms with Crippen molar-refractivity contribution in [1.29, 1.82) is 0 Å². The van der Waals surface area contributed by atoms with E-state index in [1.165, 1.54) is 0 Å². The number of sulfone groups is 1. The topological polar surface area (TPSA) is 80.4 Å². The second-order valence-corrected chi connectivity index (χ2v) is 7.85. The second-order valence-electron chi connectivity index (χ2n) is 5.89. The molecule has 0 radical (unpaired) electrons. The van der Waals surface area contributed by atoms with Crippen molar-refractivity contribution in [3.8, 4) is 22.4 Å². The lowest BCUT2D eigenvalue weighted by atomic mass is 9.98. The number of hydrogen-bond acceptors (Lipinski definition) is 5. The van der Waals surface area contributed by atoms with Gasteiger partial charge < -0.3 is 9.63 Å². The van der Waals surface area contributed by atoms with Gasteiger partial charge in [0.15, 0.2) is 15.6 Å². The predicted octanol–water partition coefficient (Wildman–Crippen LogP) is 3.49. The van der Waals surface area contributed by atoms with E-state index in [0.29, 0.717) is 11.3 Å². The number of aromatic nitrogens is 1. The van der Waals surface area contributed by atoms with E-state index in [9.17, 15) is 22.3 Å². The summed E-state index contributed by atoms with van der Waals surface area (Å²) in [7, 11) is -4.07. The van der Waals surface area contributed by atoms with Gasteiger partial charge in [-0.05, 0) is 24.6 Å². The summed E-state index contributed by atoms with van der Waals surface area (Å²) in [5, 5.41) is 13.4. The maximum atomic E-state index is 14.3. The Hall–Kier alpha value is -2.58. The van der Waals surface area contributed by atoms with Gasteiger partial charge in [0.2, 0.25) is 0 Å². The average molecular weight is 379 g/mol. The molecule has 1 heterocycles. The molecule has 26 heavy (non-hydrogen) atoms. The summed E-state index contributed by atoms with van der Waals surface area (Å²) < 4.78 is 56.8. The van der Waals surface area contributed by atoms with Gasteiger partial charge in [0, 0.05) is 11.8 Å². The zero-order valence-corrected chi connectivity index (χ0v) is 14.8. The Kier molecular flexibility index (Phi) is 4.64. The first-order chi connectivity index (χ1) is 12.2. The van der Waals surface area contributed by atoms with Crippen LogP contribution in [0.15, 0.2) is 45.8 Å².